The quantitative estimate of drug-likeness (QED) is 0.795. The molecule has 0 unspecified atom stereocenters. The van der Waals surface area contributed by atoms with Gasteiger partial charge in [0.2, 0.25) is 0 Å². The summed E-state index contributed by atoms with van der Waals surface area (Å²) in [5.74, 6) is 7.00. The summed E-state index contributed by atoms with van der Waals surface area (Å²) in [6, 6.07) is 6.74. The maximum atomic E-state index is 7.45. The summed E-state index contributed by atoms with van der Waals surface area (Å²) < 4.78 is 12.1. The van der Waals surface area contributed by atoms with E-state index in [1.165, 1.54) is 10.9 Å². The molecular weight excluding hydrogens is 232 g/mol. The Bertz CT molecular complexity index is 595. The lowest BCUT2D eigenvalue weighted by molar-refractivity contribution is 0.316. The molecule has 0 aliphatic carbocycles. The Kier molecular flexibility index (Phi) is 3.47. The monoisotopic (exact) mass is 246 g/mol. The minimum atomic E-state index is 0.188. The van der Waals surface area contributed by atoms with Crippen molar-refractivity contribution in [1.29, 1.82) is 5.41 Å². The summed E-state index contributed by atoms with van der Waals surface area (Å²) in [5, 5.41) is 7.45. The third-order valence-corrected chi connectivity index (χ3v) is 2.20. The van der Waals surface area contributed by atoms with Gasteiger partial charge in [-0.1, -0.05) is 0 Å². The molecule has 0 saturated carbocycles. The molecule has 2 aromatic rings. The van der Waals surface area contributed by atoms with E-state index in [4.69, 9.17) is 20.7 Å². The van der Waals surface area contributed by atoms with Gasteiger partial charge < -0.3 is 15.3 Å². The second kappa shape index (κ2) is 5.22. The lowest BCUT2D eigenvalue weighted by Gasteiger charge is -2.10. The van der Waals surface area contributed by atoms with Crippen LogP contribution in [0.3, 0.4) is 0 Å². The van der Waals surface area contributed by atoms with Crippen LogP contribution in [-0.2, 0) is 0 Å². The van der Waals surface area contributed by atoms with Crippen LogP contribution in [0.15, 0.2) is 36.7 Å². The molecule has 2 rings (SSSR count). The van der Waals surface area contributed by atoms with Crippen molar-refractivity contribution in [3.63, 3.8) is 0 Å². The molecule has 3 N–H and O–H groups in total. The Hall–Kier alpha value is -2.50. The molecule has 2 heterocycles. The van der Waals surface area contributed by atoms with Gasteiger partial charge in [-0.05, 0) is 31.2 Å². The van der Waals surface area contributed by atoms with Crippen LogP contribution >= 0.6 is 0 Å². The van der Waals surface area contributed by atoms with Crippen LogP contribution in [0.25, 0.3) is 0 Å². The summed E-state index contributed by atoms with van der Waals surface area (Å²) >= 11 is 0. The number of aromatic nitrogens is 2. The maximum Gasteiger partial charge on any atom is 0.262 e. The predicted octanol–water partition coefficient (Wildman–Crippen LogP) is 1.27. The SMILES string of the molecule is CCOc1cccnc1Oc1ccc(=N)n(N)c1. The van der Waals surface area contributed by atoms with Crippen molar-refractivity contribution in [2.24, 2.45) is 0 Å². The highest BCUT2D eigenvalue weighted by Crippen LogP contribution is 2.27. The van der Waals surface area contributed by atoms with Crippen LogP contribution in [0.4, 0.5) is 0 Å². The number of ether oxygens (including phenoxy) is 2. The van der Waals surface area contributed by atoms with Crippen molar-refractivity contribution in [1.82, 2.24) is 9.66 Å². The van der Waals surface area contributed by atoms with E-state index in [9.17, 15) is 0 Å². The molecule has 0 atom stereocenters. The topological polar surface area (TPSA) is 86.2 Å². The number of hydrogen-bond donors (Lipinski definition) is 2. The molecule has 0 aliphatic rings. The van der Waals surface area contributed by atoms with Gasteiger partial charge in [0, 0.05) is 6.20 Å². The summed E-state index contributed by atoms with van der Waals surface area (Å²) in [7, 11) is 0. The fourth-order valence-electron chi connectivity index (χ4n) is 1.39. The Morgan fingerprint density at radius 1 is 1.39 bits per heavy atom. The molecule has 0 radical (unpaired) electrons. The number of nitrogen functional groups attached to an aromatic ring is 1. The van der Waals surface area contributed by atoms with E-state index in [1.54, 1.807) is 30.5 Å². The summed E-state index contributed by atoms with van der Waals surface area (Å²) in [5.41, 5.74) is 0.188. The molecule has 0 aliphatic heterocycles. The second-order valence-corrected chi connectivity index (χ2v) is 3.50. The zero-order valence-electron chi connectivity index (χ0n) is 9.96. The van der Waals surface area contributed by atoms with Crippen LogP contribution in [0.5, 0.6) is 17.4 Å². The van der Waals surface area contributed by atoms with Crippen LogP contribution in [0.2, 0.25) is 0 Å². The van der Waals surface area contributed by atoms with Crippen LogP contribution < -0.4 is 20.8 Å². The van der Waals surface area contributed by atoms with Crippen molar-refractivity contribution in [2.45, 2.75) is 6.92 Å². The Balaban J connectivity index is 2.28. The van der Waals surface area contributed by atoms with E-state index in [0.717, 1.165) is 0 Å². The van der Waals surface area contributed by atoms with Crippen molar-refractivity contribution < 1.29 is 9.47 Å². The summed E-state index contributed by atoms with van der Waals surface area (Å²) in [6.45, 7) is 2.42. The highest BCUT2D eigenvalue weighted by Gasteiger charge is 2.07. The average Bonchev–Trinajstić information content (AvgIpc) is 2.37. The Labute approximate surface area is 104 Å². The fourth-order valence-corrected chi connectivity index (χ4v) is 1.39. The third kappa shape index (κ3) is 2.60. The van der Waals surface area contributed by atoms with Crippen molar-refractivity contribution in [2.75, 3.05) is 12.4 Å². The van der Waals surface area contributed by atoms with E-state index in [2.05, 4.69) is 4.98 Å². The van der Waals surface area contributed by atoms with Gasteiger partial charge in [0.25, 0.3) is 5.88 Å². The molecule has 0 saturated heterocycles. The largest absolute Gasteiger partial charge is 0.488 e. The molecule has 18 heavy (non-hydrogen) atoms. The first-order valence-electron chi connectivity index (χ1n) is 5.48. The molecular formula is C12H14N4O2. The van der Waals surface area contributed by atoms with Crippen LogP contribution in [-0.4, -0.2) is 16.3 Å². The molecule has 0 amide bonds. The van der Waals surface area contributed by atoms with E-state index in [-0.39, 0.29) is 5.49 Å². The number of rotatable bonds is 4. The van der Waals surface area contributed by atoms with E-state index in [1.807, 2.05) is 6.92 Å². The normalized spacial score (nSPS) is 10.1. The molecule has 6 heteroatoms. The molecule has 0 bridgehead atoms. The van der Waals surface area contributed by atoms with E-state index < -0.39 is 0 Å². The number of nitrogens with zero attached hydrogens (tertiary/aromatic N) is 2. The van der Waals surface area contributed by atoms with Crippen molar-refractivity contribution in [3.8, 4) is 17.4 Å². The van der Waals surface area contributed by atoms with Gasteiger partial charge in [0.15, 0.2) is 5.75 Å². The van der Waals surface area contributed by atoms with Gasteiger partial charge in [-0.2, -0.15) is 0 Å². The standard InChI is InChI=1S/C12H14N4O2/c1-2-17-10-4-3-7-15-12(10)18-9-5-6-11(13)16(14)8-9/h3-8,13H,2,14H2,1H3. The highest BCUT2D eigenvalue weighted by molar-refractivity contribution is 5.36. The minimum Gasteiger partial charge on any atom is -0.488 e. The molecule has 0 spiro atoms. The average molecular weight is 246 g/mol. The molecule has 6 nitrogen and oxygen atoms in total. The van der Waals surface area contributed by atoms with E-state index >= 15 is 0 Å². The zero-order chi connectivity index (χ0) is 13.0. The smallest absolute Gasteiger partial charge is 0.262 e. The fraction of sp³-hybridized carbons (Fsp3) is 0.167. The van der Waals surface area contributed by atoms with Crippen molar-refractivity contribution in [3.05, 3.63) is 42.1 Å². The lowest BCUT2D eigenvalue weighted by atomic mass is 10.4. The zero-order valence-corrected chi connectivity index (χ0v) is 9.96. The van der Waals surface area contributed by atoms with Gasteiger partial charge in [-0.15, -0.1) is 0 Å². The first-order chi connectivity index (χ1) is 8.70. The highest BCUT2D eigenvalue weighted by atomic mass is 16.5. The van der Waals surface area contributed by atoms with Crippen LogP contribution in [0, 0.1) is 5.41 Å². The first kappa shape index (κ1) is 12.0. The molecule has 2 aromatic heterocycles. The third-order valence-electron chi connectivity index (χ3n) is 2.20. The molecule has 0 aromatic carbocycles. The number of hydrogen-bond acceptors (Lipinski definition) is 5. The van der Waals surface area contributed by atoms with Crippen molar-refractivity contribution >= 4 is 0 Å². The van der Waals surface area contributed by atoms with Gasteiger partial charge in [-0.3, -0.25) is 5.41 Å². The maximum absolute atomic E-state index is 7.45. The Morgan fingerprint density at radius 2 is 2.22 bits per heavy atom. The predicted molar refractivity (Wildman–Crippen MR) is 65.9 cm³/mol. The molecule has 94 valence electrons. The van der Waals surface area contributed by atoms with Gasteiger partial charge in [0.05, 0.1) is 12.8 Å². The number of nitrogens with two attached hydrogens (primary N) is 1. The van der Waals surface area contributed by atoms with Gasteiger partial charge >= 0.3 is 0 Å². The lowest BCUT2D eigenvalue weighted by Crippen LogP contribution is -2.25. The number of nitrogens with one attached hydrogen (secondary N) is 1. The summed E-state index contributed by atoms with van der Waals surface area (Å²) in [6.07, 6.45) is 3.12. The summed E-state index contributed by atoms with van der Waals surface area (Å²) in [4.78, 5) is 4.10. The number of pyridine rings is 2. The Morgan fingerprint density at radius 3 is 2.94 bits per heavy atom. The molecule has 0 fully saturated rings. The first-order valence-corrected chi connectivity index (χ1v) is 5.48. The van der Waals surface area contributed by atoms with E-state index in [0.29, 0.717) is 24.0 Å². The van der Waals surface area contributed by atoms with Crippen LogP contribution in [0.1, 0.15) is 6.92 Å². The second-order valence-electron chi connectivity index (χ2n) is 3.50. The minimum absolute atomic E-state index is 0.188. The van der Waals surface area contributed by atoms with Gasteiger partial charge in [-0.25, -0.2) is 9.66 Å². The van der Waals surface area contributed by atoms with Gasteiger partial charge in [0.1, 0.15) is 11.2 Å².